The molecule has 0 bridgehead atoms. The standard InChI is InChI=1S/C22H28N4O2/c1-14-4-6-15(7-5-14)20-25-16(13-28-20)12-24-21(23-2)26-18-17-8-11-27-19(17)22(18)9-3-10-22/h4-7,13,17-19H,3,8-12H2,1-2H3,(H2,23,24,26). The molecule has 0 radical (unpaired) electrons. The molecule has 0 amide bonds. The van der Waals surface area contributed by atoms with Crippen molar-refractivity contribution >= 4 is 5.96 Å². The third kappa shape index (κ3) is 2.82. The van der Waals surface area contributed by atoms with E-state index in [1.54, 1.807) is 6.26 Å². The number of aryl methyl sites for hydroxylation is 1. The summed E-state index contributed by atoms with van der Waals surface area (Å²) in [4.78, 5) is 9.04. The third-order valence-corrected chi connectivity index (χ3v) is 6.84. The highest BCUT2D eigenvalue weighted by Gasteiger charge is 2.66. The van der Waals surface area contributed by atoms with Crippen molar-refractivity contribution in [3.63, 3.8) is 0 Å². The predicted octanol–water partition coefficient (Wildman–Crippen LogP) is 3.27. The molecule has 2 aliphatic carbocycles. The van der Waals surface area contributed by atoms with Crippen molar-refractivity contribution in [3.8, 4) is 11.5 Å². The van der Waals surface area contributed by atoms with E-state index < -0.39 is 0 Å². The molecule has 1 aliphatic heterocycles. The van der Waals surface area contributed by atoms with Gasteiger partial charge in [0.1, 0.15) is 6.26 Å². The van der Waals surface area contributed by atoms with Gasteiger partial charge >= 0.3 is 0 Å². The Hall–Kier alpha value is -2.34. The minimum Gasteiger partial charge on any atom is -0.444 e. The van der Waals surface area contributed by atoms with Crippen LogP contribution in [0.4, 0.5) is 0 Å². The van der Waals surface area contributed by atoms with Crippen LogP contribution in [-0.2, 0) is 11.3 Å². The number of rotatable bonds is 4. The van der Waals surface area contributed by atoms with Crippen LogP contribution in [0.3, 0.4) is 0 Å². The Balaban J connectivity index is 1.21. The number of aromatic nitrogens is 1. The molecule has 2 aromatic rings. The fourth-order valence-corrected chi connectivity index (χ4v) is 5.19. The Labute approximate surface area is 165 Å². The molecule has 3 unspecified atom stereocenters. The maximum Gasteiger partial charge on any atom is 0.226 e. The Morgan fingerprint density at radius 1 is 1.29 bits per heavy atom. The molecule has 2 N–H and O–H groups in total. The number of hydrogen-bond donors (Lipinski definition) is 2. The molecule has 6 nitrogen and oxygen atoms in total. The molecule has 3 aliphatic rings. The van der Waals surface area contributed by atoms with Crippen molar-refractivity contribution in [1.82, 2.24) is 15.6 Å². The van der Waals surface area contributed by atoms with Crippen molar-refractivity contribution in [1.29, 1.82) is 0 Å². The van der Waals surface area contributed by atoms with Gasteiger partial charge in [-0.15, -0.1) is 0 Å². The summed E-state index contributed by atoms with van der Waals surface area (Å²) in [6.07, 6.45) is 7.19. The first-order valence-corrected chi connectivity index (χ1v) is 10.3. The van der Waals surface area contributed by atoms with Gasteiger partial charge in [0.05, 0.1) is 18.3 Å². The Kier molecular flexibility index (Phi) is 4.38. The zero-order valence-corrected chi connectivity index (χ0v) is 16.6. The molecule has 2 heterocycles. The van der Waals surface area contributed by atoms with E-state index >= 15 is 0 Å². The molecule has 1 spiro atoms. The van der Waals surface area contributed by atoms with Gasteiger partial charge in [-0.25, -0.2) is 4.98 Å². The summed E-state index contributed by atoms with van der Waals surface area (Å²) in [5.41, 5.74) is 3.42. The summed E-state index contributed by atoms with van der Waals surface area (Å²) >= 11 is 0. The summed E-state index contributed by atoms with van der Waals surface area (Å²) in [5, 5.41) is 7.08. The van der Waals surface area contributed by atoms with E-state index in [1.165, 1.54) is 24.8 Å². The van der Waals surface area contributed by atoms with Crippen LogP contribution in [0.1, 0.15) is 36.9 Å². The average molecular weight is 380 g/mol. The van der Waals surface area contributed by atoms with Gasteiger partial charge in [0.15, 0.2) is 5.96 Å². The summed E-state index contributed by atoms with van der Waals surface area (Å²) in [5.74, 6) is 2.11. The van der Waals surface area contributed by atoms with Crippen LogP contribution in [-0.4, -0.2) is 36.7 Å². The van der Waals surface area contributed by atoms with Gasteiger partial charge in [0, 0.05) is 36.6 Å². The zero-order valence-electron chi connectivity index (χ0n) is 16.6. The van der Waals surface area contributed by atoms with Crippen molar-refractivity contribution < 1.29 is 9.15 Å². The highest BCUT2D eigenvalue weighted by Crippen LogP contribution is 2.62. The van der Waals surface area contributed by atoms with Gasteiger partial charge in [0.25, 0.3) is 0 Å². The van der Waals surface area contributed by atoms with E-state index in [9.17, 15) is 0 Å². The largest absolute Gasteiger partial charge is 0.444 e. The van der Waals surface area contributed by atoms with E-state index in [2.05, 4.69) is 39.7 Å². The Bertz CT molecular complexity index is 869. The molecule has 1 aromatic heterocycles. The third-order valence-electron chi connectivity index (χ3n) is 6.84. The zero-order chi connectivity index (χ0) is 19.1. The lowest BCUT2D eigenvalue weighted by Gasteiger charge is -2.63. The van der Waals surface area contributed by atoms with Crippen molar-refractivity contribution in [3.05, 3.63) is 41.8 Å². The van der Waals surface area contributed by atoms with Crippen LogP contribution in [0.2, 0.25) is 0 Å². The van der Waals surface area contributed by atoms with Gasteiger partial charge < -0.3 is 19.8 Å². The highest BCUT2D eigenvalue weighted by molar-refractivity contribution is 5.80. The lowest BCUT2D eigenvalue weighted by molar-refractivity contribution is -0.171. The molecular weight excluding hydrogens is 352 g/mol. The van der Waals surface area contributed by atoms with E-state index in [-0.39, 0.29) is 0 Å². The van der Waals surface area contributed by atoms with Crippen LogP contribution in [0.15, 0.2) is 39.9 Å². The van der Waals surface area contributed by atoms with Crippen molar-refractivity contribution in [2.24, 2.45) is 16.3 Å². The van der Waals surface area contributed by atoms with Crippen LogP contribution < -0.4 is 10.6 Å². The molecule has 3 atom stereocenters. The minimum atomic E-state index is 0.339. The van der Waals surface area contributed by atoms with Gasteiger partial charge in [-0.3, -0.25) is 4.99 Å². The normalized spacial score (nSPS) is 27.8. The number of hydrogen-bond acceptors (Lipinski definition) is 4. The molecule has 6 heteroatoms. The molecule has 28 heavy (non-hydrogen) atoms. The predicted molar refractivity (Wildman–Crippen MR) is 108 cm³/mol. The second-order valence-electron chi connectivity index (χ2n) is 8.39. The lowest BCUT2D eigenvalue weighted by Crippen LogP contribution is -2.72. The fourth-order valence-electron chi connectivity index (χ4n) is 5.19. The van der Waals surface area contributed by atoms with E-state index in [0.717, 1.165) is 30.2 Å². The van der Waals surface area contributed by atoms with Crippen LogP contribution >= 0.6 is 0 Å². The number of nitrogens with one attached hydrogen (secondary N) is 2. The van der Waals surface area contributed by atoms with Gasteiger partial charge in [-0.05, 0) is 38.3 Å². The number of oxazole rings is 1. The smallest absolute Gasteiger partial charge is 0.226 e. The van der Waals surface area contributed by atoms with Crippen LogP contribution in [0.5, 0.6) is 0 Å². The first kappa shape index (κ1) is 17.7. The summed E-state index contributed by atoms with van der Waals surface area (Å²) < 4.78 is 11.7. The maximum atomic E-state index is 6.01. The van der Waals surface area contributed by atoms with Crippen LogP contribution in [0.25, 0.3) is 11.5 Å². The van der Waals surface area contributed by atoms with Gasteiger partial charge in [0.2, 0.25) is 5.89 Å². The van der Waals surface area contributed by atoms with Crippen LogP contribution in [0, 0.1) is 18.3 Å². The highest BCUT2D eigenvalue weighted by atomic mass is 16.5. The van der Waals surface area contributed by atoms with Crippen molar-refractivity contribution in [2.75, 3.05) is 13.7 Å². The van der Waals surface area contributed by atoms with Gasteiger partial charge in [-0.2, -0.15) is 0 Å². The number of aliphatic imine (C=N–C) groups is 1. The molecule has 1 saturated heterocycles. The second kappa shape index (κ2) is 6.92. The molecule has 148 valence electrons. The average Bonchev–Trinajstić information content (AvgIpc) is 3.30. The molecule has 3 fully saturated rings. The number of fused-ring (bicyclic) bond motifs is 2. The Morgan fingerprint density at radius 2 is 2.11 bits per heavy atom. The molecule has 5 rings (SSSR count). The molecule has 1 aromatic carbocycles. The first-order chi connectivity index (χ1) is 13.7. The summed E-state index contributed by atoms with van der Waals surface area (Å²) in [6, 6.07) is 8.68. The second-order valence-corrected chi connectivity index (χ2v) is 8.39. The number of ether oxygens (including phenoxy) is 1. The molecular formula is C22H28N4O2. The van der Waals surface area contributed by atoms with Gasteiger partial charge in [-0.1, -0.05) is 24.1 Å². The topological polar surface area (TPSA) is 71.7 Å². The molecule has 2 saturated carbocycles. The van der Waals surface area contributed by atoms with Crippen molar-refractivity contribution in [2.45, 2.75) is 51.3 Å². The monoisotopic (exact) mass is 380 g/mol. The maximum absolute atomic E-state index is 6.01. The van der Waals surface area contributed by atoms with E-state index in [1.807, 2.05) is 19.2 Å². The Morgan fingerprint density at radius 3 is 2.82 bits per heavy atom. The minimum absolute atomic E-state index is 0.339. The SMILES string of the molecule is CN=C(NCc1coc(-c2ccc(C)cc2)n1)NC1C2CCOC2C12CCC2. The quantitative estimate of drug-likeness (QED) is 0.629. The van der Waals surface area contributed by atoms with E-state index in [4.69, 9.17) is 9.15 Å². The number of guanidine groups is 1. The number of benzene rings is 1. The fraction of sp³-hybridized carbons (Fsp3) is 0.545. The summed E-state index contributed by atoms with van der Waals surface area (Å²) in [6.45, 7) is 3.56. The number of nitrogens with zero attached hydrogens (tertiary/aromatic N) is 2. The first-order valence-electron chi connectivity index (χ1n) is 10.3. The lowest BCUT2D eigenvalue weighted by atomic mass is 9.46. The summed E-state index contributed by atoms with van der Waals surface area (Å²) in [7, 11) is 1.82. The van der Waals surface area contributed by atoms with E-state index in [0.29, 0.717) is 35.9 Å².